The highest BCUT2D eigenvalue weighted by molar-refractivity contribution is 7.89. The summed E-state index contributed by atoms with van der Waals surface area (Å²) in [5, 5.41) is 0.542. The van der Waals surface area contributed by atoms with E-state index in [4.69, 9.17) is 9.72 Å². The Morgan fingerprint density at radius 3 is 2.41 bits per heavy atom. The molecule has 0 atom stereocenters. The van der Waals surface area contributed by atoms with Gasteiger partial charge in [0.15, 0.2) is 5.13 Å². The van der Waals surface area contributed by atoms with E-state index in [1.807, 2.05) is 30.3 Å². The van der Waals surface area contributed by atoms with Crippen LogP contribution in [0.25, 0.3) is 10.2 Å². The van der Waals surface area contributed by atoms with Crippen LogP contribution in [0.15, 0.2) is 71.8 Å². The molecule has 0 bridgehead atoms. The van der Waals surface area contributed by atoms with E-state index in [0.29, 0.717) is 16.4 Å². The molecular weight excluding hydrogens is 562 g/mol. The minimum atomic E-state index is -3.80. The Labute approximate surface area is 243 Å². The number of anilines is 1. The van der Waals surface area contributed by atoms with Crippen LogP contribution >= 0.6 is 11.3 Å². The van der Waals surface area contributed by atoms with Gasteiger partial charge in [-0.1, -0.05) is 30.4 Å². The smallest absolute Gasteiger partial charge is 0.409 e. The molecule has 3 heterocycles. The lowest BCUT2D eigenvalue weighted by Crippen LogP contribution is -2.50. The Bertz CT molecular complexity index is 1630. The molecule has 10 nitrogen and oxygen atoms in total. The lowest BCUT2D eigenvalue weighted by Gasteiger charge is -2.33. The third kappa shape index (κ3) is 6.24. The van der Waals surface area contributed by atoms with Crippen molar-refractivity contribution in [2.75, 3.05) is 37.7 Å². The van der Waals surface area contributed by atoms with Crippen LogP contribution in [0.2, 0.25) is 0 Å². The first kappa shape index (κ1) is 28.7. The summed E-state index contributed by atoms with van der Waals surface area (Å²) in [5.41, 5.74) is 3.04. The summed E-state index contributed by atoms with van der Waals surface area (Å²) in [4.78, 5) is 38.1. The second kappa shape index (κ2) is 12.3. The number of rotatable bonds is 8. The van der Waals surface area contributed by atoms with Crippen molar-refractivity contribution in [1.29, 1.82) is 0 Å². The van der Waals surface area contributed by atoms with E-state index >= 15 is 0 Å². The Morgan fingerprint density at radius 1 is 1.00 bits per heavy atom. The first-order valence-electron chi connectivity index (χ1n) is 13.4. The number of pyridine rings is 1. The summed E-state index contributed by atoms with van der Waals surface area (Å²) in [5.74, 6) is -0.308. The maximum atomic E-state index is 13.8. The number of amides is 2. The standard InChI is InChI=1S/C29H31N5O5S2/c1-3-21-8-13-25-26(19-21)40-28(31-25)34(20-23-7-5-6-14-30-23)27(35)22-9-11-24(12-10-22)41(37,38)33-17-15-32(16-18-33)29(36)39-4-2/h5-14,19H,3-4,15-18,20H2,1-2H3. The molecule has 0 unspecified atom stereocenters. The molecule has 214 valence electrons. The molecule has 1 aliphatic rings. The molecule has 0 spiro atoms. The normalized spacial score (nSPS) is 14.2. The zero-order chi connectivity index (χ0) is 29.0. The number of carbonyl (C=O) groups excluding carboxylic acids is 2. The highest BCUT2D eigenvalue weighted by atomic mass is 32.2. The Morgan fingerprint density at radius 2 is 1.76 bits per heavy atom. The minimum Gasteiger partial charge on any atom is -0.450 e. The predicted octanol–water partition coefficient (Wildman–Crippen LogP) is 4.56. The molecule has 2 aromatic carbocycles. The van der Waals surface area contributed by atoms with Crippen LogP contribution < -0.4 is 4.90 Å². The van der Waals surface area contributed by atoms with Crippen LogP contribution in [-0.2, 0) is 27.7 Å². The Hall–Kier alpha value is -3.87. The summed E-state index contributed by atoms with van der Waals surface area (Å²) in [6.45, 7) is 5.12. The van der Waals surface area contributed by atoms with E-state index in [0.717, 1.165) is 16.6 Å². The largest absolute Gasteiger partial charge is 0.450 e. The fraction of sp³-hybridized carbons (Fsp3) is 0.310. The molecule has 1 saturated heterocycles. The number of ether oxygens (including phenoxy) is 1. The van der Waals surface area contributed by atoms with Crippen molar-refractivity contribution in [1.82, 2.24) is 19.2 Å². The van der Waals surface area contributed by atoms with Crippen molar-refractivity contribution in [3.8, 4) is 0 Å². The zero-order valence-electron chi connectivity index (χ0n) is 22.9. The molecule has 1 fully saturated rings. The fourth-order valence-electron chi connectivity index (χ4n) is 4.57. The highest BCUT2D eigenvalue weighted by Gasteiger charge is 2.31. The number of carbonyl (C=O) groups is 2. The van der Waals surface area contributed by atoms with E-state index in [2.05, 4.69) is 18.0 Å². The molecule has 1 aliphatic heterocycles. The third-order valence-electron chi connectivity index (χ3n) is 6.88. The lowest BCUT2D eigenvalue weighted by molar-refractivity contribution is 0.0933. The summed E-state index contributed by atoms with van der Waals surface area (Å²) in [7, 11) is -3.80. The summed E-state index contributed by atoms with van der Waals surface area (Å²) >= 11 is 1.44. The van der Waals surface area contributed by atoms with Crippen molar-refractivity contribution in [2.24, 2.45) is 0 Å². The highest BCUT2D eigenvalue weighted by Crippen LogP contribution is 2.32. The second-order valence-corrected chi connectivity index (χ2v) is 12.4. The van der Waals surface area contributed by atoms with Crippen molar-refractivity contribution in [2.45, 2.75) is 31.7 Å². The first-order chi connectivity index (χ1) is 19.8. The first-order valence-corrected chi connectivity index (χ1v) is 15.7. The maximum absolute atomic E-state index is 13.8. The molecular formula is C29H31N5O5S2. The van der Waals surface area contributed by atoms with Gasteiger partial charge < -0.3 is 9.64 Å². The minimum absolute atomic E-state index is 0.0852. The number of aryl methyl sites for hydroxylation is 1. The molecule has 4 aromatic rings. The van der Waals surface area contributed by atoms with Gasteiger partial charge in [-0.25, -0.2) is 18.2 Å². The van der Waals surface area contributed by atoms with Crippen LogP contribution in [0, 0.1) is 0 Å². The number of piperazine rings is 1. The van der Waals surface area contributed by atoms with Crippen LogP contribution in [0.1, 0.15) is 35.5 Å². The van der Waals surface area contributed by atoms with Crippen LogP contribution in [0.5, 0.6) is 0 Å². The number of nitrogens with zero attached hydrogens (tertiary/aromatic N) is 5. The Kier molecular flexibility index (Phi) is 8.62. The lowest BCUT2D eigenvalue weighted by atomic mass is 10.2. The molecule has 0 radical (unpaired) electrons. The SMILES string of the molecule is CCOC(=O)N1CCN(S(=O)(=O)c2ccc(C(=O)N(Cc3ccccn3)c3nc4ccc(CC)cc4s3)cc2)CC1. The third-order valence-corrected chi connectivity index (χ3v) is 9.83. The van der Waals surface area contributed by atoms with Crippen LogP contribution in [0.4, 0.5) is 9.93 Å². The molecule has 0 aliphatic carbocycles. The van der Waals surface area contributed by atoms with E-state index in [9.17, 15) is 18.0 Å². The zero-order valence-corrected chi connectivity index (χ0v) is 24.5. The van der Waals surface area contributed by atoms with Gasteiger partial charge in [0.2, 0.25) is 10.0 Å². The number of hydrogen-bond donors (Lipinski definition) is 0. The monoisotopic (exact) mass is 593 g/mol. The van der Waals surface area contributed by atoms with Crippen LogP contribution in [-0.4, -0.2) is 72.4 Å². The summed E-state index contributed by atoms with van der Waals surface area (Å²) in [6.07, 6.45) is 2.13. The number of sulfonamides is 1. The van der Waals surface area contributed by atoms with Gasteiger partial charge in [-0.05, 0) is 67.4 Å². The number of fused-ring (bicyclic) bond motifs is 1. The van der Waals surface area contributed by atoms with Crippen molar-refractivity contribution >= 4 is 48.7 Å². The van der Waals surface area contributed by atoms with Gasteiger partial charge >= 0.3 is 6.09 Å². The van der Waals surface area contributed by atoms with Gasteiger partial charge in [-0.2, -0.15) is 4.31 Å². The van der Waals surface area contributed by atoms with Gasteiger partial charge in [-0.15, -0.1) is 0 Å². The molecule has 12 heteroatoms. The average molecular weight is 594 g/mol. The summed E-state index contributed by atoms with van der Waals surface area (Å²) in [6, 6.07) is 17.6. The molecule has 5 rings (SSSR count). The number of hydrogen-bond acceptors (Lipinski definition) is 8. The summed E-state index contributed by atoms with van der Waals surface area (Å²) < 4.78 is 33.9. The second-order valence-electron chi connectivity index (χ2n) is 9.48. The molecule has 0 saturated carbocycles. The van der Waals surface area contributed by atoms with Gasteiger partial charge in [0, 0.05) is 37.9 Å². The van der Waals surface area contributed by atoms with Gasteiger partial charge in [0.25, 0.3) is 5.91 Å². The van der Waals surface area contributed by atoms with Crippen molar-refractivity contribution in [3.05, 3.63) is 83.7 Å². The van der Waals surface area contributed by atoms with Gasteiger partial charge in [0.1, 0.15) is 0 Å². The maximum Gasteiger partial charge on any atom is 0.409 e. The molecule has 2 amide bonds. The molecule has 41 heavy (non-hydrogen) atoms. The van der Waals surface area contributed by atoms with Crippen molar-refractivity contribution in [3.63, 3.8) is 0 Å². The van der Waals surface area contributed by atoms with E-state index < -0.39 is 16.1 Å². The topological polar surface area (TPSA) is 113 Å². The average Bonchev–Trinajstić information content (AvgIpc) is 3.43. The van der Waals surface area contributed by atoms with E-state index in [1.165, 1.54) is 50.4 Å². The Balaban J connectivity index is 1.37. The quantitative estimate of drug-likeness (QED) is 0.294. The van der Waals surface area contributed by atoms with Crippen LogP contribution in [0.3, 0.4) is 0 Å². The number of benzene rings is 2. The fourth-order valence-corrected chi connectivity index (χ4v) is 7.02. The van der Waals surface area contributed by atoms with Gasteiger partial charge in [0.05, 0.1) is 34.0 Å². The van der Waals surface area contributed by atoms with E-state index in [1.54, 1.807) is 18.0 Å². The predicted molar refractivity (Wildman–Crippen MR) is 158 cm³/mol. The van der Waals surface area contributed by atoms with Gasteiger partial charge in [-0.3, -0.25) is 14.7 Å². The van der Waals surface area contributed by atoms with E-state index in [-0.39, 0.29) is 50.1 Å². The molecule has 0 N–H and O–H groups in total. The number of aromatic nitrogens is 2. The van der Waals surface area contributed by atoms with Crippen molar-refractivity contribution < 1.29 is 22.7 Å². The molecule has 2 aromatic heterocycles. The number of thiazole rings is 1.